The molecule has 1 N–H and O–H groups in total. The smallest absolute Gasteiger partial charge is 0.228 e. The third-order valence-corrected chi connectivity index (χ3v) is 3.80. The molecule has 0 bridgehead atoms. The van der Waals surface area contributed by atoms with E-state index in [4.69, 9.17) is 5.11 Å². The fourth-order valence-corrected chi connectivity index (χ4v) is 2.51. The molecule has 0 saturated heterocycles. The Bertz CT molecular complexity index is 345. The van der Waals surface area contributed by atoms with Crippen molar-refractivity contribution in [2.75, 3.05) is 13.7 Å². The number of rotatable bonds is 5. The molecule has 0 radical (unpaired) electrons. The van der Waals surface area contributed by atoms with E-state index >= 15 is 0 Å². The molecule has 4 heteroatoms. The Morgan fingerprint density at radius 1 is 1.62 bits per heavy atom. The molecule has 1 aromatic heterocycles. The zero-order valence-electron chi connectivity index (χ0n) is 10.1. The monoisotopic (exact) mass is 241 g/mol. The lowest BCUT2D eigenvalue weighted by atomic mass is 10.1. The zero-order valence-corrected chi connectivity index (χ0v) is 10.9. The second-order valence-electron chi connectivity index (χ2n) is 4.01. The van der Waals surface area contributed by atoms with Gasteiger partial charge in [0.25, 0.3) is 0 Å². The summed E-state index contributed by atoms with van der Waals surface area (Å²) in [4.78, 5) is 14.8. The summed E-state index contributed by atoms with van der Waals surface area (Å²) in [5, 5.41) is 11.1. The predicted molar refractivity (Wildman–Crippen MR) is 66.4 cm³/mol. The van der Waals surface area contributed by atoms with Gasteiger partial charge in [-0.05, 0) is 30.4 Å². The summed E-state index contributed by atoms with van der Waals surface area (Å²) in [7, 11) is 1.79. The molecule has 0 spiro atoms. The van der Waals surface area contributed by atoms with Gasteiger partial charge in [0.05, 0.1) is 19.1 Å². The van der Waals surface area contributed by atoms with Gasteiger partial charge in [-0.1, -0.05) is 6.92 Å². The summed E-state index contributed by atoms with van der Waals surface area (Å²) in [6, 6.07) is 2.06. The van der Waals surface area contributed by atoms with Crippen molar-refractivity contribution in [3.05, 3.63) is 21.9 Å². The van der Waals surface area contributed by atoms with E-state index in [2.05, 4.69) is 6.07 Å². The minimum atomic E-state index is -0.259. The van der Waals surface area contributed by atoms with Crippen LogP contribution in [0.25, 0.3) is 0 Å². The molecule has 0 aliphatic carbocycles. The largest absolute Gasteiger partial charge is 0.396 e. The third kappa shape index (κ3) is 3.06. The number of aliphatic hydroxyl groups excluding tert-OH is 1. The quantitative estimate of drug-likeness (QED) is 0.857. The van der Waals surface area contributed by atoms with Gasteiger partial charge in [0.1, 0.15) is 0 Å². The third-order valence-electron chi connectivity index (χ3n) is 2.79. The van der Waals surface area contributed by atoms with E-state index in [0.717, 1.165) is 0 Å². The van der Waals surface area contributed by atoms with Crippen molar-refractivity contribution in [1.29, 1.82) is 0 Å². The highest BCUT2D eigenvalue weighted by Crippen LogP contribution is 2.18. The van der Waals surface area contributed by atoms with Crippen LogP contribution >= 0.6 is 11.3 Å². The number of thiophene rings is 1. The van der Waals surface area contributed by atoms with Crippen molar-refractivity contribution < 1.29 is 9.90 Å². The summed E-state index contributed by atoms with van der Waals surface area (Å²) < 4.78 is 0. The molecule has 0 fully saturated rings. The molecule has 1 rings (SSSR count). The Hall–Kier alpha value is -0.870. The van der Waals surface area contributed by atoms with Crippen LogP contribution in [0.15, 0.2) is 11.4 Å². The van der Waals surface area contributed by atoms with E-state index in [1.165, 1.54) is 10.4 Å². The number of carbonyl (C=O) groups is 1. The van der Waals surface area contributed by atoms with Crippen LogP contribution in [0.2, 0.25) is 0 Å². The van der Waals surface area contributed by atoms with Crippen LogP contribution in [0.4, 0.5) is 0 Å². The number of hydrogen-bond donors (Lipinski definition) is 1. The highest BCUT2D eigenvalue weighted by Gasteiger charge is 2.20. The SMILES string of the molecule is CCC(CO)C(=O)N(C)Cc1sccc1C. The van der Waals surface area contributed by atoms with Crippen molar-refractivity contribution in [1.82, 2.24) is 4.90 Å². The fourth-order valence-electron chi connectivity index (χ4n) is 1.55. The summed E-state index contributed by atoms with van der Waals surface area (Å²) in [5.74, 6) is -0.233. The maximum Gasteiger partial charge on any atom is 0.228 e. The lowest BCUT2D eigenvalue weighted by Gasteiger charge is -2.21. The first-order valence-corrected chi connectivity index (χ1v) is 6.36. The van der Waals surface area contributed by atoms with Crippen molar-refractivity contribution in [2.45, 2.75) is 26.8 Å². The first-order valence-electron chi connectivity index (χ1n) is 5.49. The molecular weight excluding hydrogens is 222 g/mol. The first-order chi connectivity index (χ1) is 7.60. The second kappa shape index (κ2) is 6.01. The zero-order chi connectivity index (χ0) is 12.1. The van der Waals surface area contributed by atoms with Crippen LogP contribution in [0.3, 0.4) is 0 Å². The minimum absolute atomic E-state index is 0.0257. The summed E-state index contributed by atoms with van der Waals surface area (Å²) in [6.45, 7) is 4.54. The Labute approximate surface area is 101 Å². The molecule has 1 amide bonds. The van der Waals surface area contributed by atoms with Crippen molar-refractivity contribution in [2.24, 2.45) is 5.92 Å². The number of hydrogen-bond acceptors (Lipinski definition) is 3. The van der Waals surface area contributed by atoms with E-state index in [1.807, 2.05) is 19.2 Å². The molecule has 1 unspecified atom stereocenters. The van der Waals surface area contributed by atoms with Gasteiger partial charge < -0.3 is 10.0 Å². The maximum absolute atomic E-state index is 11.9. The van der Waals surface area contributed by atoms with E-state index in [-0.39, 0.29) is 18.4 Å². The highest BCUT2D eigenvalue weighted by molar-refractivity contribution is 7.10. The van der Waals surface area contributed by atoms with Crippen LogP contribution < -0.4 is 0 Å². The topological polar surface area (TPSA) is 40.5 Å². The predicted octanol–water partition coefficient (Wildman–Crippen LogP) is 2.03. The molecule has 3 nitrogen and oxygen atoms in total. The van der Waals surface area contributed by atoms with Crippen molar-refractivity contribution in [3.63, 3.8) is 0 Å². The molecule has 1 aromatic rings. The number of aliphatic hydroxyl groups is 1. The van der Waals surface area contributed by atoms with Crippen molar-refractivity contribution in [3.8, 4) is 0 Å². The number of aryl methyl sites for hydroxylation is 1. The van der Waals surface area contributed by atoms with Gasteiger partial charge in [0.2, 0.25) is 5.91 Å². The van der Waals surface area contributed by atoms with Gasteiger partial charge >= 0.3 is 0 Å². The highest BCUT2D eigenvalue weighted by atomic mass is 32.1. The van der Waals surface area contributed by atoms with E-state index in [9.17, 15) is 4.79 Å². The normalized spacial score (nSPS) is 12.5. The Morgan fingerprint density at radius 3 is 2.75 bits per heavy atom. The van der Waals surface area contributed by atoms with Gasteiger partial charge in [0, 0.05) is 11.9 Å². The van der Waals surface area contributed by atoms with Gasteiger partial charge in [-0.3, -0.25) is 4.79 Å². The molecule has 90 valence electrons. The second-order valence-corrected chi connectivity index (χ2v) is 5.01. The molecule has 0 aliphatic rings. The Morgan fingerprint density at radius 2 is 2.31 bits per heavy atom. The molecule has 1 atom stereocenters. The van der Waals surface area contributed by atoms with Crippen LogP contribution in [-0.2, 0) is 11.3 Å². The van der Waals surface area contributed by atoms with Gasteiger partial charge in [0.15, 0.2) is 0 Å². The van der Waals surface area contributed by atoms with E-state index in [0.29, 0.717) is 13.0 Å². The molecule has 0 aliphatic heterocycles. The van der Waals surface area contributed by atoms with Crippen LogP contribution in [0, 0.1) is 12.8 Å². The van der Waals surface area contributed by atoms with Crippen LogP contribution in [0.1, 0.15) is 23.8 Å². The van der Waals surface area contributed by atoms with Gasteiger partial charge in [-0.25, -0.2) is 0 Å². The summed E-state index contributed by atoms with van der Waals surface area (Å²) >= 11 is 1.67. The van der Waals surface area contributed by atoms with E-state index < -0.39 is 0 Å². The lowest BCUT2D eigenvalue weighted by Crippen LogP contribution is -2.33. The number of nitrogens with zero attached hydrogens (tertiary/aromatic N) is 1. The molecule has 1 heterocycles. The Balaban J connectivity index is 2.62. The van der Waals surface area contributed by atoms with Gasteiger partial charge in [-0.2, -0.15) is 0 Å². The van der Waals surface area contributed by atoms with Crippen LogP contribution in [-0.4, -0.2) is 29.6 Å². The number of amides is 1. The van der Waals surface area contributed by atoms with E-state index in [1.54, 1.807) is 23.3 Å². The molecular formula is C12H19NO2S. The van der Waals surface area contributed by atoms with Crippen LogP contribution in [0.5, 0.6) is 0 Å². The fraction of sp³-hybridized carbons (Fsp3) is 0.583. The average molecular weight is 241 g/mol. The molecule has 16 heavy (non-hydrogen) atoms. The minimum Gasteiger partial charge on any atom is -0.396 e. The Kier molecular flexibility index (Phi) is 4.96. The summed E-state index contributed by atoms with van der Waals surface area (Å²) in [5.41, 5.74) is 1.22. The summed E-state index contributed by atoms with van der Waals surface area (Å²) in [6.07, 6.45) is 0.684. The lowest BCUT2D eigenvalue weighted by molar-refractivity contribution is -0.136. The maximum atomic E-state index is 11.9. The first kappa shape index (κ1) is 13.2. The standard InChI is InChI=1S/C12H19NO2S/c1-4-10(8-14)12(15)13(3)7-11-9(2)5-6-16-11/h5-6,10,14H,4,7-8H2,1-3H3. The average Bonchev–Trinajstić information content (AvgIpc) is 2.66. The number of carbonyl (C=O) groups excluding carboxylic acids is 1. The van der Waals surface area contributed by atoms with Gasteiger partial charge in [-0.15, -0.1) is 11.3 Å². The molecule has 0 saturated carbocycles. The van der Waals surface area contributed by atoms with Crippen molar-refractivity contribution >= 4 is 17.2 Å². The molecule has 0 aromatic carbocycles.